The number of hydrogen-bond donors (Lipinski definition) is 3. The molecule has 7 heteroatoms. The molecule has 0 amide bonds. The van der Waals surface area contributed by atoms with Gasteiger partial charge in [0.15, 0.2) is 0 Å². The number of nitrogens with zero attached hydrogens (tertiary/aromatic N) is 1. The molecule has 0 aromatic heterocycles. The van der Waals surface area contributed by atoms with Crippen LogP contribution < -0.4 is 5.32 Å². The first kappa shape index (κ1) is 15.8. The predicted molar refractivity (Wildman–Crippen MR) is 67.6 cm³/mol. The molecule has 0 fully saturated rings. The number of aliphatic imine (C=N–C) groups is 1. The Hall–Kier alpha value is -1.18. The molecule has 0 bridgehead atoms. The van der Waals surface area contributed by atoms with E-state index in [1.54, 1.807) is 0 Å². The molecule has 98 valence electrons. The average Bonchev–Trinajstić information content (AvgIpc) is 2.15. The zero-order valence-corrected chi connectivity index (χ0v) is 10.8. The minimum atomic E-state index is -4.67. The Morgan fingerprint density at radius 2 is 1.88 bits per heavy atom. The highest BCUT2D eigenvalue weighted by molar-refractivity contribution is 7.79. The highest BCUT2D eigenvalue weighted by Crippen LogP contribution is 2.09. The fourth-order valence-corrected chi connectivity index (χ4v) is 1.22. The van der Waals surface area contributed by atoms with Crippen molar-refractivity contribution in [1.82, 2.24) is 5.32 Å². The lowest BCUT2D eigenvalue weighted by atomic mass is 10.0. The van der Waals surface area contributed by atoms with Gasteiger partial charge >= 0.3 is 10.4 Å². The standard InChI is InChI=1S/C10H16N2.H2O4S/c1-7(2)9-5-6-11-10(12-9)8(3)4;1-5(2,3)4/h9H,1,3,5-6H2,2,4H3,(H,11,12);(H2,1,2,3,4). The number of rotatable bonds is 2. The van der Waals surface area contributed by atoms with Crippen molar-refractivity contribution in [2.24, 2.45) is 4.99 Å². The highest BCUT2D eigenvalue weighted by atomic mass is 32.3. The Morgan fingerprint density at radius 1 is 1.41 bits per heavy atom. The van der Waals surface area contributed by atoms with Gasteiger partial charge in [-0.05, 0) is 25.8 Å². The molecule has 1 heterocycles. The van der Waals surface area contributed by atoms with Crippen LogP contribution in [-0.2, 0) is 10.4 Å². The number of hydrogen-bond acceptors (Lipinski definition) is 4. The highest BCUT2D eigenvalue weighted by Gasteiger charge is 2.15. The van der Waals surface area contributed by atoms with E-state index in [2.05, 4.69) is 23.5 Å². The van der Waals surface area contributed by atoms with Crippen molar-refractivity contribution in [2.75, 3.05) is 6.54 Å². The topological polar surface area (TPSA) is 99.0 Å². The molecular weight excluding hydrogens is 244 g/mol. The van der Waals surface area contributed by atoms with Gasteiger partial charge in [-0.1, -0.05) is 18.7 Å². The SMILES string of the molecule is C=C(C)C1=NCCC(C(=C)C)N1.O=S(=O)(O)O. The van der Waals surface area contributed by atoms with Crippen molar-refractivity contribution in [1.29, 1.82) is 0 Å². The van der Waals surface area contributed by atoms with E-state index in [0.29, 0.717) is 6.04 Å². The summed E-state index contributed by atoms with van der Waals surface area (Å²) in [6, 6.07) is 0.384. The summed E-state index contributed by atoms with van der Waals surface area (Å²) in [5.74, 6) is 0.939. The van der Waals surface area contributed by atoms with E-state index < -0.39 is 10.4 Å². The van der Waals surface area contributed by atoms with Gasteiger partial charge in [-0.15, -0.1) is 0 Å². The Bertz CT molecular complexity index is 418. The molecule has 0 aromatic rings. The predicted octanol–water partition coefficient (Wildman–Crippen LogP) is 1.25. The molecule has 17 heavy (non-hydrogen) atoms. The van der Waals surface area contributed by atoms with Gasteiger partial charge in [0.05, 0.1) is 0 Å². The zero-order valence-electron chi connectivity index (χ0n) is 9.97. The maximum atomic E-state index is 8.74. The quantitative estimate of drug-likeness (QED) is 0.513. The average molecular weight is 262 g/mol. The Labute approximate surface area is 102 Å². The molecule has 0 aliphatic carbocycles. The monoisotopic (exact) mass is 262 g/mol. The summed E-state index contributed by atoms with van der Waals surface area (Å²) in [5.41, 5.74) is 2.17. The number of nitrogens with one attached hydrogen (secondary N) is 1. The van der Waals surface area contributed by atoms with Gasteiger partial charge in [0.2, 0.25) is 0 Å². The minimum absolute atomic E-state index is 0.384. The third kappa shape index (κ3) is 8.61. The van der Waals surface area contributed by atoms with Gasteiger partial charge in [0.25, 0.3) is 0 Å². The second-order valence-corrected chi connectivity index (χ2v) is 4.69. The lowest BCUT2D eigenvalue weighted by Gasteiger charge is -2.24. The third-order valence-electron chi connectivity index (χ3n) is 2.00. The van der Waals surface area contributed by atoms with E-state index >= 15 is 0 Å². The van der Waals surface area contributed by atoms with Gasteiger partial charge in [-0.2, -0.15) is 8.42 Å². The van der Waals surface area contributed by atoms with Gasteiger partial charge in [-0.25, -0.2) is 0 Å². The van der Waals surface area contributed by atoms with E-state index in [1.807, 2.05) is 13.8 Å². The van der Waals surface area contributed by atoms with Crippen LogP contribution in [0.25, 0.3) is 0 Å². The summed E-state index contributed by atoms with van der Waals surface area (Å²) in [6.07, 6.45) is 1.05. The molecule has 6 nitrogen and oxygen atoms in total. The molecular formula is C10H18N2O4S. The molecule has 1 aliphatic rings. The van der Waals surface area contributed by atoms with E-state index in [-0.39, 0.29) is 0 Å². The Balaban J connectivity index is 0.000000437. The van der Waals surface area contributed by atoms with Crippen molar-refractivity contribution in [2.45, 2.75) is 26.3 Å². The molecule has 1 rings (SSSR count). The van der Waals surface area contributed by atoms with Gasteiger partial charge in [0.1, 0.15) is 5.84 Å². The van der Waals surface area contributed by atoms with Crippen LogP contribution in [0.4, 0.5) is 0 Å². The van der Waals surface area contributed by atoms with Gasteiger partial charge in [-0.3, -0.25) is 14.1 Å². The molecule has 1 atom stereocenters. The first-order chi connectivity index (χ1) is 7.61. The van der Waals surface area contributed by atoms with E-state index in [1.165, 1.54) is 5.57 Å². The Morgan fingerprint density at radius 3 is 2.24 bits per heavy atom. The van der Waals surface area contributed by atoms with Gasteiger partial charge in [0, 0.05) is 12.6 Å². The third-order valence-corrected chi connectivity index (χ3v) is 2.00. The summed E-state index contributed by atoms with van der Waals surface area (Å²) >= 11 is 0. The fourth-order valence-electron chi connectivity index (χ4n) is 1.22. The van der Waals surface area contributed by atoms with Crippen LogP contribution in [0.15, 0.2) is 29.3 Å². The van der Waals surface area contributed by atoms with Gasteiger partial charge < -0.3 is 5.32 Å². The maximum absolute atomic E-state index is 8.74. The van der Waals surface area contributed by atoms with Crippen LogP contribution in [-0.4, -0.2) is 35.9 Å². The molecule has 0 radical (unpaired) electrons. The molecule has 0 spiro atoms. The summed E-state index contributed by atoms with van der Waals surface area (Å²) in [5, 5.41) is 3.30. The smallest absolute Gasteiger partial charge is 0.364 e. The van der Waals surface area contributed by atoms with Crippen LogP contribution >= 0.6 is 0 Å². The van der Waals surface area contributed by atoms with Crippen molar-refractivity contribution < 1.29 is 17.5 Å². The number of amidine groups is 1. The molecule has 0 saturated heterocycles. The first-order valence-electron chi connectivity index (χ1n) is 4.93. The van der Waals surface area contributed by atoms with Crippen LogP contribution in [0.3, 0.4) is 0 Å². The molecule has 1 aliphatic heterocycles. The van der Waals surface area contributed by atoms with Crippen molar-refractivity contribution in [3.8, 4) is 0 Å². The Kier molecular flexibility index (Phi) is 6.08. The van der Waals surface area contributed by atoms with Crippen molar-refractivity contribution in [3.63, 3.8) is 0 Å². The van der Waals surface area contributed by atoms with E-state index in [9.17, 15) is 0 Å². The van der Waals surface area contributed by atoms with Crippen molar-refractivity contribution >= 4 is 16.2 Å². The van der Waals surface area contributed by atoms with Crippen LogP contribution in [0.1, 0.15) is 20.3 Å². The van der Waals surface area contributed by atoms with E-state index in [0.717, 1.165) is 24.4 Å². The second kappa shape index (κ2) is 6.53. The summed E-state index contributed by atoms with van der Waals surface area (Å²) in [4.78, 5) is 4.33. The van der Waals surface area contributed by atoms with Crippen LogP contribution in [0.5, 0.6) is 0 Å². The second-order valence-electron chi connectivity index (χ2n) is 3.79. The first-order valence-corrected chi connectivity index (χ1v) is 6.33. The largest absolute Gasteiger partial charge is 0.394 e. The minimum Gasteiger partial charge on any atom is -0.364 e. The van der Waals surface area contributed by atoms with Crippen molar-refractivity contribution in [3.05, 3.63) is 24.3 Å². The summed E-state index contributed by atoms with van der Waals surface area (Å²) in [6.45, 7) is 12.7. The van der Waals surface area contributed by atoms with Crippen LogP contribution in [0, 0.1) is 0 Å². The van der Waals surface area contributed by atoms with E-state index in [4.69, 9.17) is 17.5 Å². The molecule has 0 saturated carbocycles. The lowest BCUT2D eigenvalue weighted by Crippen LogP contribution is -2.39. The van der Waals surface area contributed by atoms with Crippen LogP contribution in [0.2, 0.25) is 0 Å². The molecule has 0 aromatic carbocycles. The zero-order chi connectivity index (χ0) is 13.6. The molecule has 3 N–H and O–H groups in total. The fraction of sp³-hybridized carbons (Fsp3) is 0.500. The normalized spacial score (nSPS) is 19.3. The maximum Gasteiger partial charge on any atom is 0.394 e. The summed E-state index contributed by atoms with van der Waals surface area (Å²) in [7, 11) is -4.67. The molecule has 1 unspecified atom stereocenters. The summed E-state index contributed by atoms with van der Waals surface area (Å²) < 4.78 is 31.6. The lowest BCUT2D eigenvalue weighted by molar-refractivity contribution is 0.381.